The minimum absolute atomic E-state index is 0. The predicted molar refractivity (Wildman–Crippen MR) is 83.4 cm³/mol. The Hall–Kier alpha value is 0.400. The van der Waals surface area contributed by atoms with E-state index in [9.17, 15) is 0 Å². The van der Waals surface area contributed by atoms with Gasteiger partial charge in [-0.25, -0.2) is 0 Å². The standard InChI is InChI=1S/C17H35N2.BrH/c1-2-3-4-5-6-7-8-9-10-14-19-15-11-18(12-16-19)13-17-19;/h2-17H2,1H3;1H/q+1;/p-1. The molecule has 20 heavy (non-hydrogen) atoms. The molecule has 0 aliphatic carbocycles. The third-order valence-electron chi connectivity index (χ3n) is 5.41. The Morgan fingerprint density at radius 1 is 0.700 bits per heavy atom. The van der Waals surface area contributed by atoms with Gasteiger partial charge >= 0.3 is 0 Å². The van der Waals surface area contributed by atoms with Crippen molar-refractivity contribution in [1.82, 2.24) is 4.90 Å². The summed E-state index contributed by atoms with van der Waals surface area (Å²) < 4.78 is 1.47. The molecule has 0 saturated carbocycles. The number of halogens is 1. The Kier molecular flexibility index (Phi) is 9.39. The van der Waals surface area contributed by atoms with Gasteiger partial charge in [0.05, 0.1) is 26.2 Å². The van der Waals surface area contributed by atoms with Crippen molar-refractivity contribution in [1.29, 1.82) is 0 Å². The highest BCUT2D eigenvalue weighted by Crippen LogP contribution is 2.21. The van der Waals surface area contributed by atoms with Crippen LogP contribution in [-0.4, -0.2) is 55.2 Å². The Morgan fingerprint density at radius 3 is 1.65 bits per heavy atom. The first-order valence-electron chi connectivity index (χ1n) is 8.92. The number of hydrogen-bond acceptors (Lipinski definition) is 1. The van der Waals surface area contributed by atoms with E-state index in [1.165, 1.54) is 108 Å². The van der Waals surface area contributed by atoms with E-state index in [1.807, 2.05) is 0 Å². The molecule has 0 aromatic carbocycles. The van der Waals surface area contributed by atoms with Gasteiger partial charge in [0.25, 0.3) is 0 Å². The average molecular weight is 347 g/mol. The van der Waals surface area contributed by atoms with Crippen molar-refractivity contribution < 1.29 is 21.5 Å². The van der Waals surface area contributed by atoms with Crippen LogP contribution in [0.3, 0.4) is 0 Å². The molecule has 0 amide bonds. The van der Waals surface area contributed by atoms with Crippen molar-refractivity contribution in [3.8, 4) is 0 Å². The number of hydrogen-bond donors (Lipinski definition) is 0. The maximum atomic E-state index is 2.65. The fraction of sp³-hybridized carbons (Fsp3) is 1.00. The zero-order valence-electron chi connectivity index (χ0n) is 13.6. The van der Waals surface area contributed by atoms with Crippen LogP contribution >= 0.6 is 0 Å². The highest BCUT2D eigenvalue weighted by Gasteiger charge is 2.37. The van der Waals surface area contributed by atoms with Crippen molar-refractivity contribution >= 4 is 0 Å². The zero-order chi connectivity index (χ0) is 13.4. The van der Waals surface area contributed by atoms with Crippen molar-refractivity contribution in [3.63, 3.8) is 0 Å². The van der Waals surface area contributed by atoms with Gasteiger partial charge in [0.15, 0.2) is 0 Å². The van der Waals surface area contributed by atoms with E-state index in [0.717, 1.165) is 0 Å². The van der Waals surface area contributed by atoms with Gasteiger partial charge in [-0.05, 0) is 12.8 Å². The van der Waals surface area contributed by atoms with E-state index in [1.54, 1.807) is 0 Å². The molecule has 2 bridgehead atoms. The topological polar surface area (TPSA) is 3.24 Å². The minimum Gasteiger partial charge on any atom is -1.00 e. The largest absolute Gasteiger partial charge is 1.00 e. The number of rotatable bonds is 10. The monoisotopic (exact) mass is 346 g/mol. The highest BCUT2D eigenvalue weighted by atomic mass is 79.9. The number of piperazine rings is 3. The van der Waals surface area contributed by atoms with Crippen LogP contribution in [0.1, 0.15) is 64.7 Å². The Bertz CT molecular complexity index is 223. The molecule has 0 aromatic rings. The smallest absolute Gasteiger partial charge is 0.0916 e. The van der Waals surface area contributed by atoms with Gasteiger partial charge in [0, 0.05) is 19.6 Å². The summed E-state index contributed by atoms with van der Waals surface area (Å²) in [5.41, 5.74) is 0. The van der Waals surface area contributed by atoms with E-state index >= 15 is 0 Å². The maximum Gasteiger partial charge on any atom is 0.0916 e. The molecule has 120 valence electrons. The summed E-state index contributed by atoms with van der Waals surface area (Å²) in [7, 11) is 0. The van der Waals surface area contributed by atoms with Crippen LogP contribution in [0.4, 0.5) is 0 Å². The second-order valence-corrected chi connectivity index (χ2v) is 6.91. The molecule has 3 saturated heterocycles. The summed E-state index contributed by atoms with van der Waals surface area (Å²) >= 11 is 0. The van der Waals surface area contributed by atoms with Gasteiger partial charge in [-0.2, -0.15) is 0 Å². The average Bonchev–Trinajstić information content (AvgIpc) is 2.47. The van der Waals surface area contributed by atoms with Crippen molar-refractivity contribution in [2.45, 2.75) is 64.7 Å². The van der Waals surface area contributed by atoms with Gasteiger partial charge in [-0.15, -0.1) is 0 Å². The molecule has 3 aliphatic rings. The second kappa shape index (κ2) is 10.2. The molecular weight excluding hydrogens is 312 g/mol. The Labute approximate surface area is 137 Å². The predicted octanol–water partition coefficient (Wildman–Crippen LogP) is 0.667. The highest BCUT2D eigenvalue weighted by molar-refractivity contribution is 4.70. The van der Waals surface area contributed by atoms with E-state index in [4.69, 9.17) is 0 Å². The van der Waals surface area contributed by atoms with Crippen LogP contribution in [0, 0.1) is 0 Å². The maximum absolute atomic E-state index is 2.65. The first-order valence-corrected chi connectivity index (χ1v) is 8.92. The van der Waals surface area contributed by atoms with Gasteiger partial charge < -0.3 is 21.5 Å². The molecule has 0 N–H and O–H groups in total. The Morgan fingerprint density at radius 2 is 1.15 bits per heavy atom. The van der Waals surface area contributed by atoms with Crippen LogP contribution in [0.5, 0.6) is 0 Å². The third kappa shape index (κ3) is 6.03. The molecule has 3 heteroatoms. The molecule has 3 aliphatic heterocycles. The molecule has 3 heterocycles. The SMILES string of the molecule is CCCCCCCCCCC[N+]12CCN(CC1)CC2.[Br-]. The van der Waals surface area contributed by atoms with E-state index in [2.05, 4.69) is 11.8 Å². The summed E-state index contributed by atoms with van der Waals surface area (Å²) in [6.07, 6.45) is 13.2. The van der Waals surface area contributed by atoms with Gasteiger partial charge in [0.2, 0.25) is 0 Å². The summed E-state index contributed by atoms with van der Waals surface area (Å²) in [5.74, 6) is 0. The third-order valence-corrected chi connectivity index (χ3v) is 5.41. The molecule has 3 rings (SSSR count). The lowest BCUT2D eigenvalue weighted by Gasteiger charge is -2.50. The second-order valence-electron chi connectivity index (χ2n) is 6.91. The number of quaternary nitrogens is 1. The van der Waals surface area contributed by atoms with Crippen LogP contribution < -0.4 is 17.0 Å². The quantitative estimate of drug-likeness (QED) is 0.415. The van der Waals surface area contributed by atoms with E-state index in [0.29, 0.717) is 0 Å². The zero-order valence-corrected chi connectivity index (χ0v) is 15.2. The number of fused-ring (bicyclic) bond motifs is 3. The Balaban J connectivity index is 0.00000200. The van der Waals surface area contributed by atoms with E-state index < -0.39 is 0 Å². The molecule has 0 aromatic heterocycles. The van der Waals surface area contributed by atoms with Crippen LogP contribution in [0.25, 0.3) is 0 Å². The lowest BCUT2D eigenvalue weighted by molar-refractivity contribution is -0.941. The summed E-state index contributed by atoms with van der Waals surface area (Å²) in [6.45, 7) is 12.2. The summed E-state index contributed by atoms with van der Waals surface area (Å²) in [4.78, 5) is 2.65. The molecule has 2 nitrogen and oxygen atoms in total. The normalized spacial score (nSPS) is 28.4. The molecular formula is C17H35BrN2. The van der Waals surface area contributed by atoms with Gasteiger partial charge in [-0.1, -0.05) is 51.9 Å². The molecule has 0 spiro atoms. The van der Waals surface area contributed by atoms with Gasteiger partial charge in [0.1, 0.15) is 0 Å². The molecule has 0 unspecified atom stereocenters. The van der Waals surface area contributed by atoms with Crippen LogP contribution in [0.15, 0.2) is 0 Å². The lowest BCUT2D eigenvalue weighted by Crippen LogP contribution is -3.00. The molecule has 3 fully saturated rings. The number of nitrogens with zero attached hydrogens (tertiary/aromatic N) is 2. The summed E-state index contributed by atoms with van der Waals surface area (Å²) in [6, 6.07) is 0. The lowest BCUT2D eigenvalue weighted by atomic mass is 10.1. The number of unbranched alkanes of at least 4 members (excludes halogenated alkanes) is 8. The fourth-order valence-corrected chi connectivity index (χ4v) is 3.82. The van der Waals surface area contributed by atoms with Crippen molar-refractivity contribution in [2.75, 3.05) is 45.8 Å². The molecule has 0 radical (unpaired) electrons. The van der Waals surface area contributed by atoms with Gasteiger partial charge in [-0.3, -0.25) is 4.90 Å². The fourth-order valence-electron chi connectivity index (χ4n) is 3.82. The van der Waals surface area contributed by atoms with Crippen LogP contribution in [0.2, 0.25) is 0 Å². The molecule has 0 atom stereocenters. The summed E-state index contributed by atoms with van der Waals surface area (Å²) in [5, 5.41) is 0. The first-order chi connectivity index (χ1) is 9.35. The van der Waals surface area contributed by atoms with Crippen LogP contribution in [-0.2, 0) is 0 Å². The van der Waals surface area contributed by atoms with Crippen molar-refractivity contribution in [3.05, 3.63) is 0 Å². The minimum atomic E-state index is 0. The first kappa shape index (κ1) is 18.4. The van der Waals surface area contributed by atoms with E-state index in [-0.39, 0.29) is 17.0 Å². The van der Waals surface area contributed by atoms with Crippen molar-refractivity contribution in [2.24, 2.45) is 0 Å².